The first-order valence-electron chi connectivity index (χ1n) is 4.39. The summed E-state index contributed by atoms with van der Waals surface area (Å²) in [6.07, 6.45) is 5.01. The Morgan fingerprint density at radius 2 is 2.00 bits per heavy atom. The fourth-order valence-corrected chi connectivity index (χ4v) is 1.39. The van der Waals surface area contributed by atoms with Crippen molar-refractivity contribution in [3.05, 3.63) is 0 Å². The second-order valence-corrected chi connectivity index (χ2v) is 3.63. The molecular weight excluding hydrogens is 124 g/mol. The minimum atomic E-state index is 0.611. The van der Waals surface area contributed by atoms with E-state index in [2.05, 4.69) is 20.8 Å². The first-order valence-corrected chi connectivity index (χ1v) is 4.39. The van der Waals surface area contributed by atoms with E-state index in [0.29, 0.717) is 12.2 Å². The normalized spacial score (nSPS) is 31.2. The summed E-state index contributed by atoms with van der Waals surface area (Å²) in [5.74, 6) is 0.798. The van der Waals surface area contributed by atoms with Crippen LogP contribution in [0.4, 0.5) is 0 Å². The Morgan fingerprint density at radius 1 is 1.30 bits per heavy atom. The van der Waals surface area contributed by atoms with Crippen LogP contribution in [-0.2, 0) is 4.74 Å². The van der Waals surface area contributed by atoms with Crippen LogP contribution in [0.5, 0.6) is 0 Å². The van der Waals surface area contributed by atoms with Gasteiger partial charge in [0.2, 0.25) is 0 Å². The summed E-state index contributed by atoms with van der Waals surface area (Å²) < 4.78 is 5.47. The monoisotopic (exact) mass is 142 g/mol. The van der Waals surface area contributed by atoms with Crippen molar-refractivity contribution in [1.29, 1.82) is 0 Å². The molecule has 10 heavy (non-hydrogen) atoms. The van der Waals surface area contributed by atoms with Crippen molar-refractivity contribution in [1.82, 2.24) is 0 Å². The fraction of sp³-hybridized carbons (Fsp3) is 1.00. The summed E-state index contributed by atoms with van der Waals surface area (Å²) in [5.41, 5.74) is 0. The van der Waals surface area contributed by atoms with Crippen LogP contribution in [0.15, 0.2) is 0 Å². The fourth-order valence-electron chi connectivity index (χ4n) is 1.39. The molecule has 0 spiro atoms. The van der Waals surface area contributed by atoms with E-state index in [4.69, 9.17) is 4.74 Å². The topological polar surface area (TPSA) is 12.5 Å². The molecule has 0 aromatic carbocycles. The molecule has 0 saturated carbocycles. The minimum absolute atomic E-state index is 0.611. The number of hydrogen-bond donors (Lipinski definition) is 0. The molecule has 1 heteroatoms. The van der Waals surface area contributed by atoms with Crippen LogP contribution < -0.4 is 0 Å². The zero-order valence-corrected chi connectivity index (χ0v) is 7.26. The molecule has 0 bridgehead atoms. The van der Waals surface area contributed by atoms with Gasteiger partial charge in [-0.3, -0.25) is 0 Å². The Bertz CT molecular complexity index is 98.9. The number of rotatable bonds is 4. The SMILES string of the molecule is CCCC1OC1CC(C)C. The quantitative estimate of drug-likeness (QED) is 0.550. The molecule has 0 N–H and O–H groups in total. The Morgan fingerprint density at radius 3 is 2.50 bits per heavy atom. The van der Waals surface area contributed by atoms with E-state index in [0.717, 1.165) is 5.92 Å². The molecule has 1 aliphatic heterocycles. The van der Waals surface area contributed by atoms with Crippen molar-refractivity contribution in [3.8, 4) is 0 Å². The van der Waals surface area contributed by atoms with Gasteiger partial charge in [-0.25, -0.2) is 0 Å². The van der Waals surface area contributed by atoms with Crippen LogP contribution in [0, 0.1) is 5.92 Å². The number of hydrogen-bond acceptors (Lipinski definition) is 1. The van der Waals surface area contributed by atoms with Crippen LogP contribution in [0.2, 0.25) is 0 Å². The van der Waals surface area contributed by atoms with E-state index >= 15 is 0 Å². The smallest absolute Gasteiger partial charge is 0.0844 e. The summed E-state index contributed by atoms with van der Waals surface area (Å²) in [6, 6.07) is 0. The third kappa shape index (κ3) is 2.30. The highest BCUT2D eigenvalue weighted by Crippen LogP contribution is 2.31. The third-order valence-corrected chi connectivity index (χ3v) is 1.96. The molecule has 0 aliphatic carbocycles. The van der Waals surface area contributed by atoms with Gasteiger partial charge in [0, 0.05) is 0 Å². The van der Waals surface area contributed by atoms with Crippen molar-refractivity contribution in [2.75, 3.05) is 0 Å². The summed E-state index contributed by atoms with van der Waals surface area (Å²) >= 11 is 0. The highest BCUT2D eigenvalue weighted by atomic mass is 16.6. The van der Waals surface area contributed by atoms with Gasteiger partial charge in [-0.2, -0.15) is 0 Å². The molecule has 1 aliphatic rings. The van der Waals surface area contributed by atoms with Gasteiger partial charge in [0.15, 0.2) is 0 Å². The highest BCUT2D eigenvalue weighted by Gasteiger charge is 2.37. The van der Waals surface area contributed by atoms with E-state index in [1.54, 1.807) is 0 Å². The van der Waals surface area contributed by atoms with Gasteiger partial charge in [-0.15, -0.1) is 0 Å². The molecular formula is C9H18O. The third-order valence-electron chi connectivity index (χ3n) is 1.96. The maximum absolute atomic E-state index is 5.47. The first-order chi connectivity index (χ1) is 4.74. The van der Waals surface area contributed by atoms with Gasteiger partial charge in [-0.05, 0) is 18.8 Å². The van der Waals surface area contributed by atoms with Gasteiger partial charge in [0.05, 0.1) is 12.2 Å². The van der Waals surface area contributed by atoms with Crippen molar-refractivity contribution in [2.24, 2.45) is 5.92 Å². The number of epoxide rings is 1. The molecule has 1 heterocycles. The van der Waals surface area contributed by atoms with E-state index in [9.17, 15) is 0 Å². The van der Waals surface area contributed by atoms with Crippen molar-refractivity contribution < 1.29 is 4.74 Å². The maximum Gasteiger partial charge on any atom is 0.0844 e. The molecule has 1 fully saturated rings. The largest absolute Gasteiger partial charge is 0.370 e. The lowest BCUT2D eigenvalue weighted by molar-refractivity contribution is 0.341. The molecule has 0 aromatic heterocycles. The van der Waals surface area contributed by atoms with Crippen LogP contribution in [0.3, 0.4) is 0 Å². The Hall–Kier alpha value is -0.0400. The predicted octanol–water partition coefficient (Wildman–Crippen LogP) is 2.60. The van der Waals surface area contributed by atoms with Crippen molar-refractivity contribution in [2.45, 2.75) is 52.2 Å². The molecule has 1 nitrogen and oxygen atoms in total. The zero-order valence-electron chi connectivity index (χ0n) is 7.26. The molecule has 0 radical (unpaired) electrons. The lowest BCUT2D eigenvalue weighted by Gasteiger charge is -1.97. The molecule has 0 aromatic rings. The molecule has 2 unspecified atom stereocenters. The molecule has 1 rings (SSSR count). The second kappa shape index (κ2) is 3.38. The molecule has 0 amide bonds. The van der Waals surface area contributed by atoms with E-state index in [-0.39, 0.29) is 0 Å². The van der Waals surface area contributed by atoms with Gasteiger partial charge >= 0.3 is 0 Å². The first kappa shape index (κ1) is 8.06. The molecule has 2 atom stereocenters. The van der Waals surface area contributed by atoms with Crippen LogP contribution in [0.25, 0.3) is 0 Å². The van der Waals surface area contributed by atoms with E-state index < -0.39 is 0 Å². The Kier molecular flexibility index (Phi) is 2.72. The average Bonchev–Trinajstić information content (AvgIpc) is 2.47. The predicted molar refractivity (Wildman–Crippen MR) is 43.0 cm³/mol. The molecule has 60 valence electrons. The summed E-state index contributed by atoms with van der Waals surface area (Å²) in [6.45, 7) is 6.73. The maximum atomic E-state index is 5.47. The summed E-state index contributed by atoms with van der Waals surface area (Å²) in [5, 5.41) is 0. The van der Waals surface area contributed by atoms with Gasteiger partial charge in [-0.1, -0.05) is 27.2 Å². The van der Waals surface area contributed by atoms with Crippen LogP contribution >= 0.6 is 0 Å². The Labute approximate surface area is 63.8 Å². The lowest BCUT2D eigenvalue weighted by atomic mass is 10.0. The zero-order chi connectivity index (χ0) is 7.56. The van der Waals surface area contributed by atoms with Gasteiger partial charge < -0.3 is 4.74 Å². The Balaban J connectivity index is 2.02. The molecule has 1 saturated heterocycles. The van der Waals surface area contributed by atoms with Crippen LogP contribution in [-0.4, -0.2) is 12.2 Å². The summed E-state index contributed by atoms with van der Waals surface area (Å²) in [7, 11) is 0. The van der Waals surface area contributed by atoms with Gasteiger partial charge in [0.25, 0.3) is 0 Å². The minimum Gasteiger partial charge on any atom is -0.370 e. The summed E-state index contributed by atoms with van der Waals surface area (Å²) in [4.78, 5) is 0. The van der Waals surface area contributed by atoms with Crippen molar-refractivity contribution >= 4 is 0 Å². The second-order valence-electron chi connectivity index (χ2n) is 3.63. The highest BCUT2D eigenvalue weighted by molar-refractivity contribution is 4.84. The van der Waals surface area contributed by atoms with Gasteiger partial charge in [0.1, 0.15) is 0 Å². The van der Waals surface area contributed by atoms with E-state index in [1.807, 2.05) is 0 Å². The lowest BCUT2D eigenvalue weighted by Crippen LogP contribution is -1.98. The van der Waals surface area contributed by atoms with Crippen molar-refractivity contribution in [3.63, 3.8) is 0 Å². The van der Waals surface area contributed by atoms with Crippen LogP contribution in [0.1, 0.15) is 40.0 Å². The number of ether oxygens (including phenoxy) is 1. The van der Waals surface area contributed by atoms with E-state index in [1.165, 1.54) is 19.3 Å². The standard InChI is InChI=1S/C9H18O/c1-4-5-8-9(10-8)6-7(2)3/h7-9H,4-6H2,1-3H3. The average molecular weight is 142 g/mol.